The Bertz CT molecular complexity index is 1010. The third kappa shape index (κ3) is 5.81. The summed E-state index contributed by atoms with van der Waals surface area (Å²) >= 11 is 3.57. The zero-order valence-electron chi connectivity index (χ0n) is 16.3. The van der Waals surface area contributed by atoms with E-state index in [0.717, 1.165) is 21.2 Å². The van der Waals surface area contributed by atoms with Gasteiger partial charge in [-0.1, -0.05) is 40.2 Å². The van der Waals surface area contributed by atoms with E-state index in [1.54, 1.807) is 43.5 Å². The van der Waals surface area contributed by atoms with Gasteiger partial charge in [-0.05, 0) is 53.1 Å². The summed E-state index contributed by atoms with van der Waals surface area (Å²) in [6, 6.07) is 16.7. The molecular weight excluding hydrogens is 453 g/mol. The van der Waals surface area contributed by atoms with Crippen molar-refractivity contribution in [3.8, 4) is 11.5 Å². The average Bonchev–Trinajstić information content (AvgIpc) is 2.75. The maximum absolute atomic E-state index is 13.0. The van der Waals surface area contributed by atoms with Crippen LogP contribution < -0.4 is 14.8 Å². The predicted molar refractivity (Wildman–Crippen MR) is 115 cm³/mol. The number of carboxylic acid groups (broad SMARTS) is 1. The first kappa shape index (κ1) is 21.8. The largest absolute Gasteiger partial charge is 0.493 e. The molecule has 0 aliphatic heterocycles. The van der Waals surface area contributed by atoms with E-state index in [9.17, 15) is 9.18 Å². The number of nitrogens with one attached hydrogen (secondary N) is 1. The normalized spacial score (nSPS) is 10.6. The molecule has 5 nitrogen and oxygen atoms in total. The molecule has 3 rings (SSSR count). The molecule has 0 atom stereocenters. The van der Waals surface area contributed by atoms with Gasteiger partial charge in [0.15, 0.2) is 11.5 Å². The Balaban J connectivity index is 1.61. The maximum atomic E-state index is 13.0. The van der Waals surface area contributed by atoms with Gasteiger partial charge in [0, 0.05) is 17.6 Å². The van der Waals surface area contributed by atoms with Crippen LogP contribution in [0, 0.1) is 5.82 Å². The van der Waals surface area contributed by atoms with E-state index in [0.29, 0.717) is 31.2 Å². The van der Waals surface area contributed by atoms with E-state index in [4.69, 9.17) is 14.6 Å². The van der Waals surface area contributed by atoms with E-state index in [1.165, 1.54) is 12.1 Å². The minimum atomic E-state index is -0.938. The molecule has 0 aromatic heterocycles. The van der Waals surface area contributed by atoms with Crippen molar-refractivity contribution < 1.29 is 23.8 Å². The number of hydrogen-bond acceptors (Lipinski definition) is 4. The molecule has 0 heterocycles. The van der Waals surface area contributed by atoms with E-state index in [-0.39, 0.29) is 11.4 Å². The zero-order chi connectivity index (χ0) is 21.5. The fourth-order valence-corrected chi connectivity index (χ4v) is 3.30. The van der Waals surface area contributed by atoms with Gasteiger partial charge in [-0.25, -0.2) is 9.18 Å². The number of carbonyl (C=O) groups is 1. The molecule has 0 saturated carbocycles. The van der Waals surface area contributed by atoms with Crippen molar-refractivity contribution >= 4 is 21.9 Å². The molecule has 0 amide bonds. The van der Waals surface area contributed by atoms with Crippen LogP contribution in [0.15, 0.2) is 65.1 Å². The van der Waals surface area contributed by atoms with Crippen LogP contribution in [-0.4, -0.2) is 18.2 Å². The van der Waals surface area contributed by atoms with Crippen molar-refractivity contribution in [2.24, 2.45) is 0 Å². The number of carboxylic acids is 1. The fourth-order valence-electron chi connectivity index (χ4n) is 2.83. The van der Waals surface area contributed by atoms with Gasteiger partial charge in [0.2, 0.25) is 0 Å². The molecule has 0 saturated heterocycles. The van der Waals surface area contributed by atoms with Crippen LogP contribution >= 0.6 is 15.9 Å². The minimum absolute atomic E-state index is 0.266. The molecule has 0 radical (unpaired) electrons. The highest BCUT2D eigenvalue weighted by atomic mass is 79.9. The summed E-state index contributed by atoms with van der Waals surface area (Å²) in [4.78, 5) is 10.9. The van der Waals surface area contributed by atoms with E-state index >= 15 is 0 Å². The van der Waals surface area contributed by atoms with Gasteiger partial charge in [-0.2, -0.15) is 0 Å². The standard InChI is InChI=1S/C23H21BrFNO4/c1-29-21-10-18(13-26-12-15-2-6-17(7-3-15)23(27)28)20(24)11-22(21)30-14-16-4-8-19(25)9-5-16/h2-11,26H,12-14H2,1H3,(H,27,28). The van der Waals surface area contributed by atoms with E-state index < -0.39 is 5.97 Å². The number of benzene rings is 3. The number of halogens is 2. The lowest BCUT2D eigenvalue weighted by Gasteiger charge is -2.15. The number of ether oxygens (including phenoxy) is 2. The molecule has 156 valence electrons. The lowest BCUT2D eigenvalue weighted by atomic mass is 10.1. The zero-order valence-corrected chi connectivity index (χ0v) is 17.9. The molecule has 0 fully saturated rings. The van der Waals surface area contributed by atoms with E-state index in [1.807, 2.05) is 12.1 Å². The Morgan fingerprint density at radius 2 is 1.67 bits per heavy atom. The lowest BCUT2D eigenvalue weighted by Crippen LogP contribution is -2.13. The van der Waals surface area contributed by atoms with Crippen molar-refractivity contribution in [2.75, 3.05) is 7.11 Å². The van der Waals surface area contributed by atoms with Crippen LogP contribution in [-0.2, 0) is 19.7 Å². The molecule has 7 heteroatoms. The Labute approximate surface area is 182 Å². The van der Waals surface area contributed by atoms with E-state index in [2.05, 4.69) is 21.2 Å². The number of rotatable bonds is 9. The van der Waals surface area contributed by atoms with Crippen molar-refractivity contribution in [3.05, 3.63) is 93.2 Å². The fraction of sp³-hybridized carbons (Fsp3) is 0.174. The lowest BCUT2D eigenvalue weighted by molar-refractivity contribution is 0.0697. The van der Waals surface area contributed by atoms with Crippen molar-refractivity contribution in [3.63, 3.8) is 0 Å². The second-order valence-corrected chi connectivity index (χ2v) is 7.47. The second-order valence-electron chi connectivity index (χ2n) is 6.62. The van der Waals surface area contributed by atoms with Crippen LogP contribution in [0.3, 0.4) is 0 Å². The highest BCUT2D eigenvalue weighted by molar-refractivity contribution is 9.10. The Morgan fingerprint density at radius 1 is 1.00 bits per heavy atom. The van der Waals surface area contributed by atoms with Crippen molar-refractivity contribution in [1.82, 2.24) is 5.32 Å². The molecular formula is C23H21BrFNO4. The average molecular weight is 474 g/mol. The van der Waals surface area contributed by atoms with Crippen LogP contribution in [0.25, 0.3) is 0 Å². The minimum Gasteiger partial charge on any atom is -0.493 e. The Kier molecular flexibility index (Phi) is 7.43. The van der Waals surface area contributed by atoms with Gasteiger partial charge in [0.05, 0.1) is 12.7 Å². The first-order valence-electron chi connectivity index (χ1n) is 9.23. The summed E-state index contributed by atoms with van der Waals surface area (Å²) in [5, 5.41) is 12.3. The topological polar surface area (TPSA) is 67.8 Å². The quantitative estimate of drug-likeness (QED) is 0.448. The van der Waals surface area contributed by atoms with Gasteiger partial charge in [0.1, 0.15) is 12.4 Å². The van der Waals surface area contributed by atoms with Gasteiger partial charge in [0.25, 0.3) is 0 Å². The van der Waals surface area contributed by atoms with Crippen LogP contribution in [0.2, 0.25) is 0 Å². The first-order valence-corrected chi connectivity index (χ1v) is 10.0. The predicted octanol–water partition coefficient (Wildman–Crippen LogP) is 5.16. The summed E-state index contributed by atoms with van der Waals surface area (Å²) in [6.07, 6.45) is 0. The molecule has 3 aromatic carbocycles. The summed E-state index contributed by atoms with van der Waals surface area (Å²) in [6.45, 7) is 1.47. The molecule has 0 aliphatic carbocycles. The maximum Gasteiger partial charge on any atom is 0.335 e. The molecule has 0 bridgehead atoms. The summed E-state index contributed by atoms with van der Waals surface area (Å²) < 4.78 is 25.2. The molecule has 2 N–H and O–H groups in total. The van der Waals surface area contributed by atoms with Gasteiger partial charge < -0.3 is 19.9 Å². The molecule has 30 heavy (non-hydrogen) atoms. The highest BCUT2D eigenvalue weighted by Gasteiger charge is 2.11. The van der Waals surface area contributed by atoms with Gasteiger partial charge in [-0.15, -0.1) is 0 Å². The van der Waals surface area contributed by atoms with Crippen LogP contribution in [0.1, 0.15) is 27.0 Å². The van der Waals surface area contributed by atoms with Crippen molar-refractivity contribution in [2.45, 2.75) is 19.7 Å². The van der Waals surface area contributed by atoms with Crippen molar-refractivity contribution in [1.29, 1.82) is 0 Å². The second kappa shape index (κ2) is 10.2. The SMILES string of the molecule is COc1cc(CNCc2ccc(C(=O)O)cc2)c(Br)cc1OCc1ccc(F)cc1. The molecule has 0 aliphatic rings. The number of aromatic carboxylic acids is 1. The molecule has 3 aromatic rings. The van der Waals surface area contributed by atoms with Crippen LogP contribution in [0.5, 0.6) is 11.5 Å². The summed E-state index contributed by atoms with van der Waals surface area (Å²) in [5.74, 6) is -0.0364. The summed E-state index contributed by atoms with van der Waals surface area (Å²) in [7, 11) is 1.58. The molecule has 0 unspecified atom stereocenters. The Hall–Kier alpha value is -2.90. The Morgan fingerprint density at radius 3 is 2.30 bits per heavy atom. The third-order valence-electron chi connectivity index (χ3n) is 4.49. The first-order chi connectivity index (χ1) is 14.5. The van der Waals surface area contributed by atoms with Crippen LogP contribution in [0.4, 0.5) is 4.39 Å². The summed E-state index contributed by atoms with van der Waals surface area (Å²) in [5.41, 5.74) is 3.10. The smallest absolute Gasteiger partial charge is 0.335 e. The molecule has 0 spiro atoms. The highest BCUT2D eigenvalue weighted by Crippen LogP contribution is 2.34. The van der Waals surface area contributed by atoms with Gasteiger partial charge in [-0.3, -0.25) is 0 Å². The number of hydrogen-bond donors (Lipinski definition) is 2. The third-order valence-corrected chi connectivity index (χ3v) is 5.22. The number of methoxy groups -OCH3 is 1. The van der Waals surface area contributed by atoms with Gasteiger partial charge >= 0.3 is 5.97 Å². The monoisotopic (exact) mass is 473 g/mol.